The normalized spacial score (nSPS) is 18.0. The minimum Gasteiger partial charge on any atom is -0.509 e. The third kappa shape index (κ3) is 10.0. The van der Waals surface area contributed by atoms with Crippen molar-refractivity contribution in [3.05, 3.63) is 162 Å². The fourth-order valence-electron chi connectivity index (χ4n) is 12.0. The predicted molar refractivity (Wildman–Crippen MR) is 333 cm³/mol. The first kappa shape index (κ1) is 56.1. The summed E-state index contributed by atoms with van der Waals surface area (Å²) in [7, 11) is 6.23. The molecule has 3 aromatic heterocycles. The molecular formula is C65H66N12O9. The zero-order valence-electron chi connectivity index (χ0n) is 48.5. The molecule has 21 heteroatoms. The van der Waals surface area contributed by atoms with Gasteiger partial charge in [-0.2, -0.15) is 0 Å². The third-order valence-corrected chi connectivity index (χ3v) is 16.3. The smallest absolute Gasteiger partial charge is 0.145 e. The number of aromatic nitrogens is 6. The molecule has 0 aliphatic carbocycles. The lowest BCUT2D eigenvalue weighted by molar-refractivity contribution is 0.255. The zero-order chi connectivity index (χ0) is 60.1. The Morgan fingerprint density at radius 3 is 1.12 bits per heavy atom. The molecule has 2 unspecified atom stereocenters. The van der Waals surface area contributed by atoms with Crippen molar-refractivity contribution in [2.24, 2.45) is 11.8 Å². The topological polar surface area (TPSA) is 283 Å². The van der Waals surface area contributed by atoms with Crippen molar-refractivity contribution in [1.29, 1.82) is 16.2 Å². The van der Waals surface area contributed by atoms with E-state index in [1.807, 2.05) is 106 Å². The number of hydrogen-bond donors (Lipinski definition) is 9. The van der Waals surface area contributed by atoms with Crippen molar-refractivity contribution >= 4 is 84.4 Å². The molecular weight excluding hydrogens is 1090 g/mol. The number of aliphatic hydroxyl groups is 3. The second-order valence-electron chi connectivity index (χ2n) is 21.6. The highest BCUT2D eigenvalue weighted by atomic mass is 16.5. The minimum absolute atomic E-state index is 0.00229. The molecule has 0 spiro atoms. The van der Waals surface area contributed by atoms with Crippen molar-refractivity contribution in [2.45, 2.75) is 58.2 Å². The summed E-state index contributed by atoms with van der Waals surface area (Å²) in [4.78, 5) is 29.5. The van der Waals surface area contributed by atoms with Crippen LogP contribution in [0.15, 0.2) is 145 Å². The summed E-state index contributed by atoms with van der Waals surface area (Å²) >= 11 is 0. The van der Waals surface area contributed by atoms with E-state index in [1.54, 1.807) is 85.6 Å². The molecule has 0 bridgehead atoms. The van der Waals surface area contributed by atoms with Gasteiger partial charge in [-0.3, -0.25) is 16.2 Å². The van der Waals surface area contributed by atoms with Gasteiger partial charge in [0, 0.05) is 54.6 Å². The first-order valence-corrected chi connectivity index (χ1v) is 28.4. The van der Waals surface area contributed by atoms with Crippen LogP contribution in [0.3, 0.4) is 0 Å². The molecule has 6 aromatic carbocycles. The van der Waals surface area contributed by atoms with E-state index in [0.717, 1.165) is 22.1 Å². The molecule has 5 atom stereocenters. The molecule has 0 amide bonds. The van der Waals surface area contributed by atoms with Gasteiger partial charge in [-0.05, 0) is 67.5 Å². The Morgan fingerprint density at radius 1 is 0.453 bits per heavy atom. The summed E-state index contributed by atoms with van der Waals surface area (Å²) < 4.78 is 36.1. The number of hydrogen-bond acceptors (Lipinski definition) is 15. The zero-order valence-corrected chi connectivity index (χ0v) is 48.5. The van der Waals surface area contributed by atoms with Gasteiger partial charge in [0.25, 0.3) is 0 Å². The van der Waals surface area contributed by atoms with E-state index >= 15 is 0 Å². The molecule has 3 aliphatic heterocycles. The van der Waals surface area contributed by atoms with Crippen LogP contribution in [0.1, 0.15) is 57.5 Å². The van der Waals surface area contributed by atoms with E-state index in [1.165, 1.54) is 0 Å². The molecule has 0 radical (unpaired) electrons. The van der Waals surface area contributed by atoms with Crippen LogP contribution in [-0.4, -0.2) is 123 Å². The second kappa shape index (κ2) is 23.0. The third-order valence-electron chi connectivity index (χ3n) is 16.3. The van der Waals surface area contributed by atoms with E-state index in [4.69, 9.17) is 43.4 Å². The second-order valence-corrected chi connectivity index (χ2v) is 21.6. The minimum atomic E-state index is -0.786. The maximum Gasteiger partial charge on any atom is 0.145 e. The predicted octanol–water partition coefficient (Wildman–Crippen LogP) is 12.4. The number of methoxy groups -OCH3 is 4. The molecule has 0 fully saturated rings. The van der Waals surface area contributed by atoms with Crippen molar-refractivity contribution < 1.29 is 43.7 Å². The number of para-hydroxylation sites is 6. The van der Waals surface area contributed by atoms with Gasteiger partial charge in [0.2, 0.25) is 0 Å². The Morgan fingerprint density at radius 2 is 0.767 bits per heavy atom. The summed E-state index contributed by atoms with van der Waals surface area (Å²) in [6.45, 7) is 6.29. The molecule has 86 heavy (non-hydrogen) atoms. The van der Waals surface area contributed by atoms with Gasteiger partial charge in [0.15, 0.2) is 0 Å². The van der Waals surface area contributed by atoms with Crippen molar-refractivity contribution in [2.75, 3.05) is 56.4 Å². The van der Waals surface area contributed by atoms with Gasteiger partial charge in [0.05, 0.1) is 127 Å². The van der Waals surface area contributed by atoms with Crippen LogP contribution in [0.2, 0.25) is 0 Å². The van der Waals surface area contributed by atoms with E-state index < -0.39 is 18.1 Å². The first-order valence-electron chi connectivity index (χ1n) is 28.4. The highest BCUT2D eigenvalue weighted by Crippen LogP contribution is 2.45. The number of rotatable bonds is 21. The van der Waals surface area contributed by atoms with E-state index in [2.05, 4.69) is 15.0 Å². The first-order chi connectivity index (χ1) is 41.7. The number of aliphatic hydroxyl groups excluding tert-OH is 3. The molecule has 3 aliphatic rings. The molecule has 9 aromatic rings. The Bertz CT molecular complexity index is 4110. The number of aromatic amines is 3. The van der Waals surface area contributed by atoms with E-state index in [9.17, 15) is 31.5 Å². The number of fused-ring (bicyclic) bond motifs is 3. The number of benzene rings is 6. The number of nitrogens with zero attached hydrogens (tertiary/aromatic N) is 6. The lowest BCUT2D eigenvalue weighted by Crippen LogP contribution is -2.40. The van der Waals surface area contributed by atoms with Gasteiger partial charge >= 0.3 is 0 Å². The Kier molecular flexibility index (Phi) is 15.0. The van der Waals surface area contributed by atoms with Crippen LogP contribution in [-0.2, 0) is 0 Å². The van der Waals surface area contributed by atoms with E-state index in [0.29, 0.717) is 105 Å². The summed E-state index contributed by atoms with van der Waals surface area (Å²) in [6, 6.07) is 36.7. The molecule has 0 saturated carbocycles. The lowest BCUT2D eigenvalue weighted by Gasteiger charge is -2.32. The Labute approximate surface area is 495 Å². The maximum atomic E-state index is 12.5. The molecule has 12 rings (SSSR count). The molecule has 0 saturated heterocycles. The van der Waals surface area contributed by atoms with Gasteiger partial charge in [-0.1, -0.05) is 57.2 Å². The van der Waals surface area contributed by atoms with Crippen molar-refractivity contribution in [1.82, 2.24) is 29.9 Å². The molecule has 6 heterocycles. The van der Waals surface area contributed by atoms with Crippen molar-refractivity contribution in [3.8, 4) is 34.5 Å². The fraction of sp³-hybridized carbons (Fsp3) is 0.262. The number of H-pyrrole nitrogens is 3. The van der Waals surface area contributed by atoms with Crippen LogP contribution in [0, 0.1) is 28.1 Å². The highest BCUT2D eigenvalue weighted by Gasteiger charge is 2.45. The van der Waals surface area contributed by atoms with Gasteiger partial charge in [0.1, 0.15) is 86.8 Å². The van der Waals surface area contributed by atoms with Crippen LogP contribution in [0.5, 0.6) is 34.5 Å². The summed E-state index contributed by atoms with van der Waals surface area (Å²) in [6.07, 6.45) is 1.30. The molecule has 9 N–H and O–H groups in total. The number of imidazole rings is 3. The SMILES string of the molecule is CC[C@@H]1C(O)=C(c2nc3ccccc3[nH]2)C(=N)N1c1cc(OC)cc(OCCC(C)[C@H]2C(O)=C(c3nc4ccccc4[nH]3)C(=N)N2c2cc(OC)cc(OCCC(C)[C@@H]3C(O)=C(c4nc5ccccc5[nH]4)C(=N)N3c3cc(OC)cc(OC)c3)c2)c1. The number of amidine groups is 3. The Hall–Kier alpha value is -10.4. The monoisotopic (exact) mass is 1160 g/mol. The van der Waals surface area contributed by atoms with Crippen LogP contribution in [0.25, 0.3) is 49.8 Å². The van der Waals surface area contributed by atoms with Crippen molar-refractivity contribution in [3.63, 3.8) is 0 Å². The standard InChI is InChI=1S/C65H66N12O9/c1-8-51-57(78)52(63-69-45-15-9-10-16-46(45)70-63)60(66)75(51)36-25-41(83-6)32-43(29-36)85-23-21-35(3)56-59(80)54(65-73-49-19-13-14-20-50(49)74-65)62(68)77(56)38-28-42(84-7)33-44(30-38)86-24-22-34(2)55-58(79)53(64-71-47-17-11-12-18-48(47)72-64)61(67)76(55)37-26-39(81-4)31-40(27-37)82-5/h9-20,25-35,51,55-56,66-68,78-80H,8,21-24H2,1-7H3,(H,69,70)(H,71,72)(H,73,74)/t34?,35?,51-,55-,56+/m1/s1. The average Bonchev–Trinajstić information content (AvgIpc) is 1.78. The van der Waals surface area contributed by atoms with Crippen LogP contribution < -0.4 is 43.1 Å². The van der Waals surface area contributed by atoms with Crippen LogP contribution in [0.4, 0.5) is 17.1 Å². The lowest BCUT2D eigenvalue weighted by atomic mass is 9.95. The maximum absolute atomic E-state index is 12.5. The summed E-state index contributed by atoms with van der Waals surface area (Å²) in [5.41, 5.74) is 6.91. The van der Waals surface area contributed by atoms with Gasteiger partial charge in [-0.15, -0.1) is 0 Å². The molecule has 21 nitrogen and oxygen atoms in total. The van der Waals surface area contributed by atoms with Gasteiger partial charge < -0.3 is 73.4 Å². The highest BCUT2D eigenvalue weighted by molar-refractivity contribution is 6.32. The fourth-order valence-corrected chi connectivity index (χ4v) is 12.0. The summed E-state index contributed by atoms with van der Waals surface area (Å²) in [5.74, 6) is 3.38. The largest absolute Gasteiger partial charge is 0.509 e. The van der Waals surface area contributed by atoms with E-state index in [-0.39, 0.29) is 71.0 Å². The molecule has 440 valence electrons. The van der Waals surface area contributed by atoms with Gasteiger partial charge in [-0.25, -0.2) is 15.0 Å². The number of anilines is 3. The Balaban J connectivity index is 0.807. The quantitative estimate of drug-likeness (QED) is 0.0323. The number of ether oxygens (including phenoxy) is 6. The average molecular weight is 1160 g/mol. The van der Waals surface area contributed by atoms with Crippen LogP contribution >= 0.6 is 0 Å². The summed E-state index contributed by atoms with van der Waals surface area (Å²) in [5, 5.41) is 65.3. The number of nitrogens with one attached hydrogen (secondary N) is 6.